The number of hydrogen-bond acceptors (Lipinski definition) is 2. The summed E-state index contributed by atoms with van der Waals surface area (Å²) in [6.45, 7) is 6.37. The summed E-state index contributed by atoms with van der Waals surface area (Å²) in [5.74, 6) is 0. The van der Waals surface area contributed by atoms with E-state index in [2.05, 4.69) is 6.58 Å². The zero-order valence-electron chi connectivity index (χ0n) is 16.8. The van der Waals surface area contributed by atoms with E-state index in [0.717, 1.165) is 27.5 Å². The predicted molar refractivity (Wildman–Crippen MR) is 123 cm³/mol. The van der Waals surface area contributed by atoms with Gasteiger partial charge in [-0.3, -0.25) is 4.31 Å². The van der Waals surface area contributed by atoms with Crippen molar-refractivity contribution in [3.63, 3.8) is 0 Å². The average Bonchev–Trinajstić information content (AvgIpc) is 2.77. The van der Waals surface area contributed by atoms with E-state index < -0.39 is 10.0 Å². The normalized spacial score (nSPS) is 11.4. The van der Waals surface area contributed by atoms with Crippen molar-refractivity contribution in [1.29, 1.82) is 0 Å². The van der Waals surface area contributed by atoms with Crippen molar-refractivity contribution in [2.45, 2.75) is 18.4 Å². The first kappa shape index (κ1) is 19.9. The van der Waals surface area contributed by atoms with Gasteiger partial charge in [-0.1, -0.05) is 97.1 Å². The standard InChI is InChI=1S/C26H23NO2S/c1-20-15-17-24(18-16-20)30(28,29)27(19-22-9-4-3-5-10-22)21(2)25-14-8-12-23-11-6-7-13-26(23)25/h3-18H,2,19H2,1H3. The van der Waals surface area contributed by atoms with E-state index in [0.29, 0.717) is 5.70 Å². The van der Waals surface area contributed by atoms with Gasteiger partial charge < -0.3 is 0 Å². The molecular weight excluding hydrogens is 390 g/mol. The van der Waals surface area contributed by atoms with Crippen LogP contribution in [0.15, 0.2) is 109 Å². The van der Waals surface area contributed by atoms with Gasteiger partial charge in [0.05, 0.1) is 17.1 Å². The van der Waals surface area contributed by atoms with E-state index in [1.807, 2.05) is 91.9 Å². The summed E-state index contributed by atoms with van der Waals surface area (Å²) in [4.78, 5) is 0.255. The first-order valence-electron chi connectivity index (χ1n) is 9.77. The molecule has 150 valence electrons. The SMILES string of the molecule is C=C(c1cccc2ccccc12)N(Cc1ccccc1)S(=O)(=O)c1ccc(C)cc1. The van der Waals surface area contributed by atoms with Crippen LogP contribution in [0.3, 0.4) is 0 Å². The third-order valence-electron chi connectivity index (χ3n) is 5.18. The van der Waals surface area contributed by atoms with Gasteiger partial charge >= 0.3 is 0 Å². The molecule has 0 bridgehead atoms. The van der Waals surface area contributed by atoms with Crippen LogP contribution in [0, 0.1) is 6.92 Å². The highest BCUT2D eigenvalue weighted by Gasteiger charge is 2.27. The van der Waals surface area contributed by atoms with Gasteiger partial charge in [0.1, 0.15) is 0 Å². The van der Waals surface area contributed by atoms with E-state index >= 15 is 0 Å². The summed E-state index contributed by atoms with van der Waals surface area (Å²) in [6, 6.07) is 30.3. The lowest BCUT2D eigenvalue weighted by Crippen LogP contribution is -2.29. The minimum atomic E-state index is -3.80. The van der Waals surface area contributed by atoms with Crippen molar-refractivity contribution < 1.29 is 8.42 Å². The molecule has 30 heavy (non-hydrogen) atoms. The number of sulfonamides is 1. The summed E-state index contributed by atoms with van der Waals surface area (Å²) >= 11 is 0. The van der Waals surface area contributed by atoms with Crippen LogP contribution in [0.4, 0.5) is 0 Å². The summed E-state index contributed by atoms with van der Waals surface area (Å²) in [7, 11) is -3.80. The van der Waals surface area contributed by atoms with Gasteiger partial charge in [0.2, 0.25) is 0 Å². The summed E-state index contributed by atoms with van der Waals surface area (Å²) in [6.07, 6.45) is 0. The van der Waals surface area contributed by atoms with Gasteiger partial charge in [0.15, 0.2) is 0 Å². The highest BCUT2D eigenvalue weighted by Crippen LogP contribution is 2.32. The Morgan fingerprint density at radius 3 is 2.17 bits per heavy atom. The van der Waals surface area contributed by atoms with Crippen LogP contribution in [-0.4, -0.2) is 12.7 Å². The lowest BCUT2D eigenvalue weighted by molar-refractivity contribution is 0.508. The van der Waals surface area contributed by atoms with E-state index in [1.54, 1.807) is 12.1 Å². The number of hydrogen-bond donors (Lipinski definition) is 0. The number of rotatable bonds is 6. The Bertz CT molecular complexity index is 1290. The summed E-state index contributed by atoms with van der Waals surface area (Å²) in [5.41, 5.74) is 3.17. The third-order valence-corrected chi connectivity index (χ3v) is 6.98. The van der Waals surface area contributed by atoms with Gasteiger partial charge in [0, 0.05) is 5.56 Å². The molecule has 0 fully saturated rings. The molecule has 4 rings (SSSR count). The first-order chi connectivity index (χ1) is 14.5. The molecule has 0 saturated heterocycles. The molecule has 0 atom stereocenters. The topological polar surface area (TPSA) is 37.4 Å². The van der Waals surface area contributed by atoms with Gasteiger partial charge in [0.25, 0.3) is 10.0 Å². The Morgan fingerprint density at radius 1 is 0.800 bits per heavy atom. The van der Waals surface area contributed by atoms with Crippen LogP contribution in [-0.2, 0) is 16.6 Å². The van der Waals surface area contributed by atoms with E-state index in [4.69, 9.17) is 0 Å². The fourth-order valence-corrected chi connectivity index (χ4v) is 4.97. The fourth-order valence-electron chi connectivity index (χ4n) is 3.52. The predicted octanol–water partition coefficient (Wildman–Crippen LogP) is 6.01. The Kier molecular flexibility index (Phi) is 5.42. The zero-order chi connectivity index (χ0) is 21.1. The molecule has 0 radical (unpaired) electrons. The monoisotopic (exact) mass is 413 g/mol. The molecule has 4 aromatic carbocycles. The molecule has 0 aliphatic rings. The summed E-state index contributed by atoms with van der Waals surface area (Å²) < 4.78 is 28.7. The van der Waals surface area contributed by atoms with E-state index in [9.17, 15) is 8.42 Å². The first-order valence-corrected chi connectivity index (χ1v) is 11.2. The summed E-state index contributed by atoms with van der Waals surface area (Å²) in [5, 5.41) is 2.02. The molecular formula is C26H23NO2S. The molecule has 0 unspecified atom stereocenters. The van der Waals surface area contributed by atoms with Gasteiger partial charge in [-0.05, 0) is 35.4 Å². The Balaban J connectivity index is 1.84. The Labute approximate surface area is 178 Å². The molecule has 4 heteroatoms. The van der Waals surface area contributed by atoms with Crippen LogP contribution in [0.25, 0.3) is 16.5 Å². The number of nitrogens with zero attached hydrogens (tertiary/aromatic N) is 1. The second-order valence-electron chi connectivity index (χ2n) is 7.28. The molecule has 0 spiro atoms. The third kappa shape index (κ3) is 3.87. The molecule has 0 heterocycles. The van der Waals surface area contributed by atoms with Crippen molar-refractivity contribution in [2.75, 3.05) is 0 Å². The van der Waals surface area contributed by atoms with Crippen molar-refractivity contribution in [3.05, 3.63) is 120 Å². The number of aryl methyl sites for hydroxylation is 1. The molecule has 0 aliphatic heterocycles. The quantitative estimate of drug-likeness (QED) is 0.388. The van der Waals surface area contributed by atoms with Crippen molar-refractivity contribution >= 4 is 26.5 Å². The second kappa shape index (κ2) is 8.17. The van der Waals surface area contributed by atoms with Crippen LogP contribution in [0.1, 0.15) is 16.7 Å². The maximum Gasteiger partial charge on any atom is 0.264 e. The second-order valence-corrected chi connectivity index (χ2v) is 9.15. The fraction of sp³-hybridized carbons (Fsp3) is 0.0769. The smallest absolute Gasteiger partial charge is 0.262 e. The molecule has 3 nitrogen and oxygen atoms in total. The Morgan fingerprint density at radius 2 is 1.43 bits per heavy atom. The average molecular weight is 414 g/mol. The van der Waals surface area contributed by atoms with Gasteiger partial charge in [-0.25, -0.2) is 8.42 Å². The largest absolute Gasteiger partial charge is 0.264 e. The molecule has 0 aliphatic carbocycles. The lowest BCUT2D eigenvalue weighted by atomic mass is 10.0. The number of fused-ring (bicyclic) bond motifs is 1. The van der Waals surface area contributed by atoms with Crippen molar-refractivity contribution in [3.8, 4) is 0 Å². The molecule has 0 aromatic heterocycles. The van der Waals surface area contributed by atoms with Crippen LogP contribution < -0.4 is 0 Å². The maximum atomic E-state index is 13.7. The van der Waals surface area contributed by atoms with E-state index in [1.165, 1.54) is 4.31 Å². The molecule has 0 N–H and O–H groups in total. The molecule has 4 aromatic rings. The van der Waals surface area contributed by atoms with Crippen molar-refractivity contribution in [1.82, 2.24) is 4.31 Å². The number of benzene rings is 4. The van der Waals surface area contributed by atoms with Gasteiger partial charge in [-0.15, -0.1) is 0 Å². The molecule has 0 saturated carbocycles. The van der Waals surface area contributed by atoms with Crippen LogP contribution >= 0.6 is 0 Å². The highest BCUT2D eigenvalue weighted by molar-refractivity contribution is 7.89. The minimum absolute atomic E-state index is 0.207. The van der Waals surface area contributed by atoms with E-state index in [-0.39, 0.29) is 11.4 Å². The van der Waals surface area contributed by atoms with Crippen LogP contribution in [0.2, 0.25) is 0 Å². The van der Waals surface area contributed by atoms with Gasteiger partial charge in [-0.2, -0.15) is 0 Å². The zero-order valence-corrected chi connectivity index (χ0v) is 17.6. The minimum Gasteiger partial charge on any atom is -0.262 e. The maximum absolute atomic E-state index is 13.7. The van der Waals surface area contributed by atoms with Crippen molar-refractivity contribution in [2.24, 2.45) is 0 Å². The highest BCUT2D eigenvalue weighted by atomic mass is 32.2. The Hall–Kier alpha value is -3.37. The molecule has 0 amide bonds. The lowest BCUT2D eigenvalue weighted by Gasteiger charge is -2.27. The van der Waals surface area contributed by atoms with Crippen LogP contribution in [0.5, 0.6) is 0 Å².